The Balaban J connectivity index is 1.51. The van der Waals surface area contributed by atoms with Crippen LogP contribution in [-0.2, 0) is 17.9 Å². The summed E-state index contributed by atoms with van der Waals surface area (Å²) in [4.78, 5) is 29.9. The molecule has 1 saturated heterocycles. The molecule has 1 N–H and O–H groups in total. The largest absolute Gasteiger partial charge is 0.496 e. The second-order valence-corrected chi connectivity index (χ2v) is 8.85. The van der Waals surface area contributed by atoms with Crippen LogP contribution in [0.5, 0.6) is 5.75 Å². The number of amides is 2. The zero-order valence-electron chi connectivity index (χ0n) is 19.8. The second kappa shape index (κ2) is 12.1. The van der Waals surface area contributed by atoms with Gasteiger partial charge in [-0.1, -0.05) is 49.7 Å². The Morgan fingerprint density at radius 3 is 2.45 bits per heavy atom. The van der Waals surface area contributed by atoms with Gasteiger partial charge in [-0.2, -0.15) is 0 Å². The van der Waals surface area contributed by atoms with E-state index in [4.69, 9.17) is 16.3 Å². The number of hydrogen-bond acceptors (Lipinski definition) is 4. The Kier molecular flexibility index (Phi) is 9.15. The van der Waals surface area contributed by atoms with Crippen molar-refractivity contribution in [2.45, 2.75) is 39.8 Å². The Bertz CT molecular complexity index is 954. The minimum atomic E-state index is -0.113. The van der Waals surface area contributed by atoms with Crippen LogP contribution in [0.2, 0.25) is 5.02 Å². The van der Waals surface area contributed by atoms with Crippen LogP contribution in [0.4, 0.5) is 0 Å². The minimum Gasteiger partial charge on any atom is -0.496 e. The average Bonchev–Trinajstić information content (AvgIpc) is 2.85. The molecule has 0 saturated carbocycles. The minimum absolute atomic E-state index is 0.0524. The molecule has 0 bridgehead atoms. The number of ether oxygens (including phenoxy) is 1. The molecule has 33 heavy (non-hydrogen) atoms. The standard InChI is InChI=1S/C26H34ClN3O3/c1-4-29(5-2)18-20-8-6-7-19(15-20)17-28-25(31)21-11-13-30(14-12-21)26(32)23-16-22(27)9-10-24(23)33-3/h6-10,15-16,21H,4-5,11-14,17-18H2,1-3H3,(H,28,31). The van der Waals surface area contributed by atoms with E-state index in [1.807, 2.05) is 6.07 Å². The molecule has 7 heteroatoms. The highest BCUT2D eigenvalue weighted by Gasteiger charge is 2.29. The van der Waals surface area contributed by atoms with Crippen molar-refractivity contribution >= 4 is 23.4 Å². The molecule has 1 aliphatic heterocycles. The van der Waals surface area contributed by atoms with Crippen molar-refractivity contribution in [3.8, 4) is 5.75 Å². The van der Waals surface area contributed by atoms with Gasteiger partial charge in [0.05, 0.1) is 12.7 Å². The van der Waals surface area contributed by atoms with Gasteiger partial charge in [0, 0.05) is 37.1 Å². The lowest BCUT2D eigenvalue weighted by molar-refractivity contribution is -0.126. The molecule has 0 aliphatic carbocycles. The third-order valence-electron chi connectivity index (χ3n) is 6.30. The zero-order valence-corrected chi connectivity index (χ0v) is 20.5. The lowest BCUT2D eigenvalue weighted by atomic mass is 9.95. The van der Waals surface area contributed by atoms with Gasteiger partial charge in [0.25, 0.3) is 5.91 Å². The van der Waals surface area contributed by atoms with E-state index < -0.39 is 0 Å². The summed E-state index contributed by atoms with van der Waals surface area (Å²) < 4.78 is 5.31. The van der Waals surface area contributed by atoms with E-state index in [0.29, 0.717) is 48.8 Å². The fourth-order valence-corrected chi connectivity index (χ4v) is 4.41. The summed E-state index contributed by atoms with van der Waals surface area (Å²) in [5, 5.41) is 3.58. The molecule has 6 nitrogen and oxygen atoms in total. The third-order valence-corrected chi connectivity index (χ3v) is 6.54. The van der Waals surface area contributed by atoms with E-state index >= 15 is 0 Å². The Morgan fingerprint density at radius 1 is 1.09 bits per heavy atom. The summed E-state index contributed by atoms with van der Waals surface area (Å²) in [7, 11) is 1.54. The third kappa shape index (κ3) is 6.71. The molecule has 2 aromatic rings. The molecule has 0 atom stereocenters. The van der Waals surface area contributed by atoms with Crippen LogP contribution in [0.25, 0.3) is 0 Å². The fourth-order valence-electron chi connectivity index (χ4n) is 4.24. The Morgan fingerprint density at radius 2 is 1.79 bits per heavy atom. The number of carbonyl (C=O) groups is 2. The number of carbonyl (C=O) groups excluding carboxylic acids is 2. The normalized spacial score (nSPS) is 14.4. The summed E-state index contributed by atoms with van der Waals surface area (Å²) in [6, 6.07) is 13.4. The summed E-state index contributed by atoms with van der Waals surface area (Å²) in [6.45, 7) is 8.86. The van der Waals surface area contributed by atoms with Gasteiger partial charge in [-0.3, -0.25) is 14.5 Å². The number of rotatable bonds is 9. The Hall–Kier alpha value is -2.57. The van der Waals surface area contributed by atoms with Crippen molar-refractivity contribution in [1.82, 2.24) is 15.1 Å². The lowest BCUT2D eigenvalue weighted by Gasteiger charge is -2.31. The van der Waals surface area contributed by atoms with Crippen molar-refractivity contribution in [3.05, 3.63) is 64.2 Å². The number of likely N-dealkylation sites (tertiary alicyclic amines) is 1. The van der Waals surface area contributed by atoms with Crippen molar-refractivity contribution in [1.29, 1.82) is 0 Å². The Labute approximate surface area is 201 Å². The molecule has 0 radical (unpaired) electrons. The number of halogens is 1. The number of nitrogens with one attached hydrogen (secondary N) is 1. The smallest absolute Gasteiger partial charge is 0.257 e. The van der Waals surface area contributed by atoms with Crippen molar-refractivity contribution < 1.29 is 14.3 Å². The molecule has 1 heterocycles. The number of hydrogen-bond donors (Lipinski definition) is 1. The number of methoxy groups -OCH3 is 1. The van der Waals surface area contributed by atoms with Crippen molar-refractivity contribution in [3.63, 3.8) is 0 Å². The quantitative estimate of drug-likeness (QED) is 0.590. The van der Waals surface area contributed by atoms with Crippen LogP contribution < -0.4 is 10.1 Å². The molecule has 2 amide bonds. The van der Waals surface area contributed by atoms with Crippen LogP contribution in [0, 0.1) is 5.92 Å². The second-order valence-electron chi connectivity index (χ2n) is 8.41. The maximum absolute atomic E-state index is 13.0. The summed E-state index contributed by atoms with van der Waals surface area (Å²) in [5.41, 5.74) is 2.82. The van der Waals surface area contributed by atoms with Gasteiger partial charge in [0.15, 0.2) is 0 Å². The van der Waals surface area contributed by atoms with Gasteiger partial charge >= 0.3 is 0 Å². The fraction of sp³-hybridized carbons (Fsp3) is 0.462. The van der Waals surface area contributed by atoms with E-state index in [1.54, 1.807) is 23.1 Å². The molecular formula is C26H34ClN3O3. The zero-order chi connectivity index (χ0) is 23.8. The van der Waals surface area contributed by atoms with Crippen molar-refractivity contribution in [2.75, 3.05) is 33.3 Å². The first-order chi connectivity index (χ1) is 15.9. The van der Waals surface area contributed by atoms with Gasteiger partial charge in [0.2, 0.25) is 5.91 Å². The van der Waals surface area contributed by atoms with Gasteiger partial charge < -0.3 is 15.0 Å². The molecular weight excluding hydrogens is 438 g/mol. The maximum atomic E-state index is 13.0. The first-order valence-corrected chi connectivity index (χ1v) is 12.0. The highest BCUT2D eigenvalue weighted by atomic mass is 35.5. The molecule has 2 aromatic carbocycles. The average molecular weight is 472 g/mol. The highest BCUT2D eigenvalue weighted by molar-refractivity contribution is 6.31. The van der Waals surface area contributed by atoms with Crippen molar-refractivity contribution in [2.24, 2.45) is 5.92 Å². The van der Waals surface area contributed by atoms with Crippen LogP contribution in [0.3, 0.4) is 0 Å². The van der Waals surface area contributed by atoms with Gasteiger partial charge in [-0.25, -0.2) is 0 Å². The molecule has 1 aliphatic rings. The summed E-state index contributed by atoms with van der Waals surface area (Å²) in [6.07, 6.45) is 1.28. The van der Waals surface area contributed by atoms with E-state index in [0.717, 1.165) is 25.2 Å². The van der Waals surface area contributed by atoms with Crippen LogP contribution >= 0.6 is 11.6 Å². The van der Waals surface area contributed by atoms with E-state index in [2.05, 4.69) is 42.3 Å². The first-order valence-electron chi connectivity index (χ1n) is 11.7. The number of benzene rings is 2. The summed E-state index contributed by atoms with van der Waals surface area (Å²) >= 11 is 6.07. The molecule has 178 valence electrons. The molecule has 0 aromatic heterocycles. The van der Waals surface area contributed by atoms with Gasteiger partial charge in [0.1, 0.15) is 5.75 Å². The lowest BCUT2D eigenvalue weighted by Crippen LogP contribution is -2.43. The van der Waals surface area contributed by atoms with E-state index in [1.165, 1.54) is 12.7 Å². The highest BCUT2D eigenvalue weighted by Crippen LogP contribution is 2.26. The molecule has 1 fully saturated rings. The molecule has 0 spiro atoms. The molecule has 0 unspecified atom stereocenters. The van der Waals surface area contributed by atoms with Crippen LogP contribution in [-0.4, -0.2) is 54.9 Å². The predicted octanol–water partition coefficient (Wildman–Crippen LogP) is 4.36. The van der Waals surface area contributed by atoms with Gasteiger partial charge in [-0.15, -0.1) is 0 Å². The SMILES string of the molecule is CCN(CC)Cc1cccc(CNC(=O)C2CCN(C(=O)c3cc(Cl)ccc3OC)CC2)c1. The maximum Gasteiger partial charge on any atom is 0.257 e. The van der Waals surface area contributed by atoms with Crippen LogP contribution in [0.15, 0.2) is 42.5 Å². The monoisotopic (exact) mass is 471 g/mol. The van der Waals surface area contributed by atoms with E-state index in [-0.39, 0.29) is 17.7 Å². The molecule has 3 rings (SSSR count). The predicted molar refractivity (Wildman–Crippen MR) is 132 cm³/mol. The number of nitrogens with zero attached hydrogens (tertiary/aromatic N) is 2. The first kappa shape index (κ1) is 25.1. The van der Waals surface area contributed by atoms with Gasteiger partial charge in [-0.05, 0) is 55.3 Å². The topological polar surface area (TPSA) is 61.9 Å². The van der Waals surface area contributed by atoms with E-state index in [9.17, 15) is 9.59 Å². The van der Waals surface area contributed by atoms with Crippen LogP contribution in [0.1, 0.15) is 48.2 Å². The summed E-state index contributed by atoms with van der Waals surface area (Å²) in [5.74, 6) is 0.358. The number of piperidine rings is 1.